The summed E-state index contributed by atoms with van der Waals surface area (Å²) in [6.45, 7) is 0. The molecule has 8 heteroatoms. The smallest absolute Gasteiger partial charge is 0.430 e. The van der Waals surface area contributed by atoms with Crippen molar-refractivity contribution < 1.29 is 32.2 Å². The molecule has 0 radical (unpaired) electrons. The number of carboxylic acids is 1. The Balaban J connectivity index is 2.61. The van der Waals surface area contributed by atoms with Crippen LogP contribution in [0.4, 0.5) is 17.6 Å². The summed E-state index contributed by atoms with van der Waals surface area (Å²) >= 11 is 2.96. The molecule has 0 aliphatic carbocycles. The summed E-state index contributed by atoms with van der Waals surface area (Å²) in [5, 5.41) is 8.78. The van der Waals surface area contributed by atoms with E-state index in [2.05, 4.69) is 20.7 Å². The van der Waals surface area contributed by atoms with Gasteiger partial charge in [-0.05, 0) is 18.2 Å². The van der Waals surface area contributed by atoms with Crippen LogP contribution < -0.4 is 4.74 Å². The van der Waals surface area contributed by atoms with Crippen LogP contribution in [-0.2, 0) is 4.79 Å². The Labute approximate surface area is 112 Å². The number of rotatable bonds is 1. The molecular formula is C11H5BrF4O3. The van der Waals surface area contributed by atoms with Crippen molar-refractivity contribution in [2.24, 2.45) is 0 Å². The largest absolute Gasteiger partial charge is 0.478 e. The van der Waals surface area contributed by atoms with Gasteiger partial charge in [-0.15, -0.1) is 0 Å². The first-order chi connectivity index (χ1) is 8.70. The predicted molar refractivity (Wildman–Crippen MR) is 60.2 cm³/mol. The number of hydrogen-bond acceptors (Lipinski definition) is 2. The average Bonchev–Trinajstić information content (AvgIpc) is 2.25. The second-order valence-electron chi connectivity index (χ2n) is 3.75. The van der Waals surface area contributed by atoms with Crippen LogP contribution in [0.3, 0.4) is 0 Å². The molecule has 0 saturated carbocycles. The number of halogens is 5. The van der Waals surface area contributed by atoms with Crippen molar-refractivity contribution in [2.45, 2.75) is 12.3 Å². The van der Waals surface area contributed by atoms with Crippen molar-refractivity contribution in [1.82, 2.24) is 0 Å². The Morgan fingerprint density at radius 3 is 2.53 bits per heavy atom. The number of benzene rings is 1. The highest BCUT2D eigenvalue weighted by atomic mass is 79.9. The second-order valence-corrected chi connectivity index (χ2v) is 4.67. The van der Waals surface area contributed by atoms with E-state index in [0.29, 0.717) is 0 Å². The van der Waals surface area contributed by atoms with Crippen molar-refractivity contribution in [3.8, 4) is 5.75 Å². The van der Waals surface area contributed by atoms with Crippen LogP contribution in [0.5, 0.6) is 5.75 Å². The third-order valence-corrected chi connectivity index (χ3v) is 2.87. The number of aliphatic carboxylic acids is 1. The van der Waals surface area contributed by atoms with Gasteiger partial charge in [0, 0.05) is 10.0 Å². The maximum absolute atomic E-state index is 13.5. The molecule has 0 spiro atoms. The van der Waals surface area contributed by atoms with E-state index in [9.17, 15) is 22.4 Å². The maximum Gasteiger partial charge on any atom is 0.430 e. The highest BCUT2D eigenvalue weighted by Gasteiger charge is 2.48. The number of carboxylic acid groups (broad SMARTS) is 1. The number of hydrogen-bond donors (Lipinski definition) is 1. The first kappa shape index (κ1) is 13.9. The number of carbonyl (C=O) groups is 1. The zero-order valence-corrected chi connectivity index (χ0v) is 10.5. The normalized spacial score (nSPS) is 18.4. The fourth-order valence-electron chi connectivity index (χ4n) is 1.65. The third kappa shape index (κ3) is 2.58. The summed E-state index contributed by atoms with van der Waals surface area (Å²) in [5.74, 6) is -3.39. The van der Waals surface area contributed by atoms with E-state index in [0.717, 1.165) is 12.1 Å². The predicted octanol–water partition coefficient (Wildman–Crippen LogP) is 3.38. The van der Waals surface area contributed by atoms with Gasteiger partial charge in [-0.25, -0.2) is 9.18 Å². The lowest BCUT2D eigenvalue weighted by Crippen LogP contribution is -2.40. The molecule has 0 bridgehead atoms. The van der Waals surface area contributed by atoms with E-state index in [1.807, 2.05) is 0 Å². The molecule has 2 rings (SSSR count). The van der Waals surface area contributed by atoms with E-state index in [1.165, 1.54) is 6.07 Å². The number of ether oxygens (including phenoxy) is 1. The summed E-state index contributed by atoms with van der Waals surface area (Å²) in [6, 6.07) is 2.21. The summed E-state index contributed by atoms with van der Waals surface area (Å²) in [6.07, 6.45) is -6.87. The molecule has 1 aromatic carbocycles. The van der Waals surface area contributed by atoms with Crippen molar-refractivity contribution in [1.29, 1.82) is 0 Å². The monoisotopic (exact) mass is 340 g/mol. The van der Waals surface area contributed by atoms with Crippen molar-refractivity contribution in [3.05, 3.63) is 33.6 Å². The van der Waals surface area contributed by atoms with Crippen molar-refractivity contribution in [2.75, 3.05) is 0 Å². The summed E-state index contributed by atoms with van der Waals surface area (Å²) in [4.78, 5) is 10.8. The minimum atomic E-state index is -4.94. The molecule has 1 atom stereocenters. The van der Waals surface area contributed by atoms with Gasteiger partial charge in [0.1, 0.15) is 0 Å². The SMILES string of the molecule is O=C(O)C1=Cc2cc(Br)cc(F)c2OC1C(F)(F)F. The lowest BCUT2D eigenvalue weighted by molar-refractivity contribution is -0.187. The van der Waals surface area contributed by atoms with E-state index in [4.69, 9.17) is 5.11 Å². The van der Waals surface area contributed by atoms with Gasteiger partial charge in [-0.1, -0.05) is 15.9 Å². The first-order valence-corrected chi connectivity index (χ1v) is 5.66. The van der Waals surface area contributed by atoms with E-state index < -0.39 is 35.4 Å². The fourth-order valence-corrected chi connectivity index (χ4v) is 2.10. The quantitative estimate of drug-likeness (QED) is 0.797. The standard InChI is InChI=1S/C11H5BrF4O3/c12-5-1-4-2-6(10(17)18)9(11(14,15)16)19-8(4)7(13)3-5/h1-3,9H,(H,17,18). The molecule has 1 aliphatic heterocycles. The minimum Gasteiger partial charge on any atom is -0.478 e. The van der Waals surface area contributed by atoms with Crippen LogP contribution in [0.25, 0.3) is 6.08 Å². The Hall–Kier alpha value is -1.57. The molecule has 3 nitrogen and oxygen atoms in total. The molecule has 1 unspecified atom stereocenters. The van der Waals surface area contributed by atoms with Gasteiger partial charge in [0.25, 0.3) is 0 Å². The minimum absolute atomic E-state index is 0.0650. The number of fused-ring (bicyclic) bond motifs is 1. The van der Waals surface area contributed by atoms with Gasteiger partial charge >= 0.3 is 12.1 Å². The third-order valence-electron chi connectivity index (χ3n) is 2.41. The van der Waals surface area contributed by atoms with Crippen LogP contribution in [0.15, 0.2) is 22.2 Å². The molecule has 0 amide bonds. The first-order valence-electron chi connectivity index (χ1n) is 4.87. The Morgan fingerprint density at radius 2 is 2.00 bits per heavy atom. The Kier molecular flexibility index (Phi) is 3.29. The molecule has 1 aliphatic rings. The van der Waals surface area contributed by atoms with Gasteiger partial charge < -0.3 is 9.84 Å². The summed E-state index contributed by atoms with van der Waals surface area (Å²) in [7, 11) is 0. The van der Waals surface area contributed by atoms with E-state index >= 15 is 0 Å². The summed E-state index contributed by atoms with van der Waals surface area (Å²) < 4.78 is 56.4. The maximum atomic E-state index is 13.5. The van der Waals surface area contributed by atoms with Gasteiger partial charge in [0.15, 0.2) is 11.6 Å². The van der Waals surface area contributed by atoms with Crippen LogP contribution in [-0.4, -0.2) is 23.4 Å². The Bertz CT molecular complexity index is 580. The lowest BCUT2D eigenvalue weighted by atomic mass is 10.0. The molecule has 102 valence electrons. The molecule has 1 aromatic rings. The van der Waals surface area contributed by atoms with Gasteiger partial charge in [-0.3, -0.25) is 0 Å². The van der Waals surface area contributed by atoms with E-state index in [-0.39, 0.29) is 10.0 Å². The van der Waals surface area contributed by atoms with Gasteiger partial charge in [0.05, 0.1) is 5.57 Å². The topological polar surface area (TPSA) is 46.5 Å². The highest BCUT2D eigenvalue weighted by Crippen LogP contribution is 2.39. The molecule has 1 N–H and O–H groups in total. The zero-order chi connectivity index (χ0) is 14.4. The molecule has 0 saturated heterocycles. The van der Waals surface area contributed by atoms with Gasteiger partial charge in [-0.2, -0.15) is 13.2 Å². The van der Waals surface area contributed by atoms with E-state index in [1.54, 1.807) is 0 Å². The fraction of sp³-hybridized carbons (Fsp3) is 0.182. The second kappa shape index (κ2) is 4.52. The lowest BCUT2D eigenvalue weighted by Gasteiger charge is -2.27. The highest BCUT2D eigenvalue weighted by molar-refractivity contribution is 9.10. The zero-order valence-electron chi connectivity index (χ0n) is 8.96. The molecule has 19 heavy (non-hydrogen) atoms. The molecule has 0 fully saturated rings. The van der Waals surface area contributed by atoms with Crippen molar-refractivity contribution >= 4 is 28.0 Å². The van der Waals surface area contributed by atoms with Crippen LogP contribution in [0.2, 0.25) is 0 Å². The molecular weight excluding hydrogens is 336 g/mol. The van der Waals surface area contributed by atoms with Crippen LogP contribution in [0.1, 0.15) is 5.56 Å². The van der Waals surface area contributed by atoms with Crippen molar-refractivity contribution in [3.63, 3.8) is 0 Å². The number of alkyl halides is 3. The van der Waals surface area contributed by atoms with Gasteiger partial charge in [0.2, 0.25) is 6.10 Å². The van der Waals surface area contributed by atoms with Crippen LogP contribution in [0, 0.1) is 5.82 Å². The summed E-state index contributed by atoms with van der Waals surface area (Å²) in [5.41, 5.74) is -1.05. The Morgan fingerprint density at radius 1 is 1.37 bits per heavy atom. The molecule has 0 aromatic heterocycles. The molecule has 1 heterocycles. The average molecular weight is 341 g/mol. The van der Waals surface area contributed by atoms with Crippen LogP contribution >= 0.6 is 15.9 Å².